The summed E-state index contributed by atoms with van der Waals surface area (Å²) in [5.41, 5.74) is 4.47. The van der Waals surface area contributed by atoms with Crippen LogP contribution in [0.5, 0.6) is 0 Å². The number of aliphatic carboxylic acids is 1. The van der Waals surface area contributed by atoms with Crippen LogP contribution in [0.15, 0.2) is 72.9 Å². The lowest BCUT2D eigenvalue weighted by Gasteiger charge is -2.28. The average Bonchev–Trinajstić information content (AvgIpc) is 2.77. The molecule has 0 amide bonds. The van der Waals surface area contributed by atoms with E-state index >= 15 is 0 Å². The van der Waals surface area contributed by atoms with Gasteiger partial charge in [0.15, 0.2) is 6.10 Å². The topological polar surface area (TPSA) is 59.4 Å². The first-order valence-corrected chi connectivity index (χ1v) is 11.2. The Morgan fingerprint density at radius 3 is 2.30 bits per heavy atom. The largest absolute Gasteiger partial charge is 0.479 e. The summed E-state index contributed by atoms with van der Waals surface area (Å²) in [5, 5.41) is 12.7. The molecule has 33 heavy (non-hydrogen) atoms. The van der Waals surface area contributed by atoms with Gasteiger partial charge in [0.25, 0.3) is 0 Å². The van der Waals surface area contributed by atoms with E-state index in [1.54, 1.807) is 6.20 Å². The third-order valence-corrected chi connectivity index (χ3v) is 5.69. The van der Waals surface area contributed by atoms with Crippen LogP contribution < -0.4 is 0 Å². The molecule has 4 nitrogen and oxygen atoms in total. The fourth-order valence-corrected chi connectivity index (χ4v) is 4.23. The van der Waals surface area contributed by atoms with Crippen molar-refractivity contribution < 1.29 is 14.6 Å². The number of pyridine rings is 1. The van der Waals surface area contributed by atoms with E-state index in [-0.39, 0.29) is 0 Å². The second kappa shape index (κ2) is 8.97. The van der Waals surface area contributed by atoms with Crippen LogP contribution in [0, 0.1) is 6.92 Å². The van der Waals surface area contributed by atoms with Crippen molar-refractivity contribution in [3.63, 3.8) is 0 Å². The summed E-state index contributed by atoms with van der Waals surface area (Å²) in [6, 6.07) is 21.5. The molecule has 0 spiro atoms. The second-order valence-corrected chi connectivity index (χ2v) is 9.52. The Hall–Kier alpha value is -3.21. The highest BCUT2D eigenvalue weighted by Gasteiger charge is 2.31. The van der Waals surface area contributed by atoms with Crippen LogP contribution in [0.25, 0.3) is 33.2 Å². The van der Waals surface area contributed by atoms with E-state index in [4.69, 9.17) is 16.3 Å². The number of hydrogen-bond acceptors (Lipinski definition) is 3. The van der Waals surface area contributed by atoms with Gasteiger partial charge in [-0.3, -0.25) is 4.98 Å². The Labute approximate surface area is 198 Å². The van der Waals surface area contributed by atoms with Crippen LogP contribution in [0.4, 0.5) is 0 Å². The van der Waals surface area contributed by atoms with Crippen LogP contribution in [0.3, 0.4) is 0 Å². The Bertz CT molecular complexity index is 1310. The van der Waals surface area contributed by atoms with E-state index in [1.807, 2.05) is 88.4 Å². The lowest BCUT2D eigenvalue weighted by atomic mass is 9.86. The van der Waals surface area contributed by atoms with Crippen molar-refractivity contribution >= 4 is 28.3 Å². The molecule has 1 unspecified atom stereocenters. The molecule has 3 aromatic carbocycles. The standard InChI is InChI=1S/C28H26ClNO3/c1-17-15-20-16-19(23-7-5-6-14-30-23)10-13-22(20)25(18-8-11-21(29)12-9-18)24(17)26(27(31)32)33-28(2,3)4/h5-16,26H,1-4H3,(H,31,32). The van der Waals surface area contributed by atoms with Gasteiger partial charge in [0.2, 0.25) is 0 Å². The van der Waals surface area contributed by atoms with Gasteiger partial charge in [-0.15, -0.1) is 0 Å². The molecule has 0 bridgehead atoms. The van der Waals surface area contributed by atoms with Crippen molar-refractivity contribution in [1.29, 1.82) is 0 Å². The fourth-order valence-electron chi connectivity index (χ4n) is 4.11. The van der Waals surface area contributed by atoms with E-state index in [1.165, 1.54) is 0 Å². The van der Waals surface area contributed by atoms with Gasteiger partial charge >= 0.3 is 5.97 Å². The minimum absolute atomic E-state index is 0.621. The normalized spacial score (nSPS) is 12.6. The van der Waals surface area contributed by atoms with Crippen LogP contribution in [0.2, 0.25) is 5.02 Å². The number of halogens is 1. The number of carboxylic acid groups (broad SMARTS) is 1. The van der Waals surface area contributed by atoms with Gasteiger partial charge in [0.05, 0.1) is 11.3 Å². The highest BCUT2D eigenvalue weighted by atomic mass is 35.5. The molecule has 0 aliphatic heterocycles. The molecule has 4 rings (SSSR count). The molecule has 1 N–H and O–H groups in total. The van der Waals surface area contributed by atoms with Crippen LogP contribution in [0.1, 0.15) is 38.0 Å². The summed E-state index contributed by atoms with van der Waals surface area (Å²) >= 11 is 6.15. The molecular formula is C28H26ClNO3. The lowest BCUT2D eigenvalue weighted by Crippen LogP contribution is -2.28. The van der Waals surface area contributed by atoms with Crippen LogP contribution in [-0.4, -0.2) is 21.7 Å². The third-order valence-electron chi connectivity index (χ3n) is 5.44. The molecular weight excluding hydrogens is 434 g/mol. The first kappa shape index (κ1) is 23.0. The van der Waals surface area contributed by atoms with Gasteiger partial charge in [0.1, 0.15) is 0 Å². The van der Waals surface area contributed by atoms with Gasteiger partial charge in [0, 0.05) is 22.3 Å². The Morgan fingerprint density at radius 2 is 1.70 bits per heavy atom. The third kappa shape index (κ3) is 4.92. The van der Waals surface area contributed by atoms with Crippen molar-refractivity contribution in [3.05, 3.63) is 89.1 Å². The molecule has 0 radical (unpaired) electrons. The number of carbonyl (C=O) groups is 1. The van der Waals surface area contributed by atoms with Gasteiger partial charge in [-0.05, 0) is 85.5 Å². The zero-order valence-corrected chi connectivity index (χ0v) is 19.9. The zero-order chi connectivity index (χ0) is 23.8. The number of ether oxygens (including phenoxy) is 1. The molecule has 0 aliphatic carbocycles. The van der Waals surface area contributed by atoms with E-state index in [0.29, 0.717) is 10.6 Å². The van der Waals surface area contributed by atoms with E-state index in [2.05, 4.69) is 11.1 Å². The minimum atomic E-state index is -1.12. The molecule has 4 aromatic rings. The Balaban J connectivity index is 2.02. The fraction of sp³-hybridized carbons (Fsp3) is 0.214. The minimum Gasteiger partial charge on any atom is -0.479 e. The van der Waals surface area contributed by atoms with E-state index in [0.717, 1.165) is 38.7 Å². The van der Waals surface area contributed by atoms with Crippen molar-refractivity contribution in [2.45, 2.75) is 39.4 Å². The number of rotatable bonds is 5. The van der Waals surface area contributed by atoms with Crippen LogP contribution in [-0.2, 0) is 9.53 Å². The van der Waals surface area contributed by atoms with E-state index in [9.17, 15) is 9.90 Å². The molecule has 168 valence electrons. The van der Waals surface area contributed by atoms with E-state index < -0.39 is 17.7 Å². The smallest absolute Gasteiger partial charge is 0.337 e. The number of carboxylic acids is 1. The molecule has 0 saturated heterocycles. The predicted molar refractivity (Wildman–Crippen MR) is 134 cm³/mol. The second-order valence-electron chi connectivity index (χ2n) is 9.09. The Morgan fingerprint density at radius 1 is 1.00 bits per heavy atom. The number of aryl methyl sites for hydroxylation is 1. The van der Waals surface area contributed by atoms with Gasteiger partial charge < -0.3 is 9.84 Å². The molecule has 0 fully saturated rings. The quantitative estimate of drug-likeness (QED) is 0.336. The van der Waals surface area contributed by atoms with Crippen molar-refractivity contribution in [1.82, 2.24) is 4.98 Å². The molecule has 1 aromatic heterocycles. The average molecular weight is 460 g/mol. The summed E-state index contributed by atoms with van der Waals surface area (Å²) in [7, 11) is 0. The van der Waals surface area contributed by atoms with Crippen molar-refractivity contribution in [3.8, 4) is 22.4 Å². The summed E-state index contributed by atoms with van der Waals surface area (Å²) in [4.78, 5) is 16.9. The Kier molecular flexibility index (Phi) is 6.24. The molecule has 0 saturated carbocycles. The number of hydrogen-bond donors (Lipinski definition) is 1. The highest BCUT2D eigenvalue weighted by Crippen LogP contribution is 2.41. The lowest BCUT2D eigenvalue weighted by molar-refractivity contribution is -0.160. The van der Waals surface area contributed by atoms with Crippen molar-refractivity contribution in [2.24, 2.45) is 0 Å². The predicted octanol–water partition coefficient (Wildman–Crippen LogP) is 7.47. The summed E-state index contributed by atoms with van der Waals surface area (Å²) in [5.74, 6) is -1.02. The first-order chi connectivity index (χ1) is 15.6. The monoisotopic (exact) mass is 459 g/mol. The summed E-state index contributed by atoms with van der Waals surface area (Å²) in [6.45, 7) is 7.52. The number of fused-ring (bicyclic) bond motifs is 1. The molecule has 1 heterocycles. The molecule has 1 atom stereocenters. The van der Waals surface area contributed by atoms with Crippen LogP contribution >= 0.6 is 11.6 Å². The number of aromatic nitrogens is 1. The van der Waals surface area contributed by atoms with Gasteiger partial charge in [-0.1, -0.05) is 48.0 Å². The summed E-state index contributed by atoms with van der Waals surface area (Å²) in [6.07, 6.45) is 0.657. The number of benzene rings is 3. The SMILES string of the molecule is Cc1cc2cc(-c3ccccn3)ccc2c(-c2ccc(Cl)cc2)c1C(OC(C)(C)C)C(=O)O. The maximum atomic E-state index is 12.4. The maximum absolute atomic E-state index is 12.4. The maximum Gasteiger partial charge on any atom is 0.337 e. The molecule has 0 aliphatic rings. The van der Waals surface area contributed by atoms with Gasteiger partial charge in [-0.2, -0.15) is 0 Å². The zero-order valence-electron chi connectivity index (χ0n) is 19.1. The van der Waals surface area contributed by atoms with Gasteiger partial charge in [-0.25, -0.2) is 4.79 Å². The summed E-state index contributed by atoms with van der Waals surface area (Å²) < 4.78 is 6.06. The molecule has 5 heteroatoms. The highest BCUT2D eigenvalue weighted by molar-refractivity contribution is 6.30. The first-order valence-electron chi connectivity index (χ1n) is 10.8. The number of nitrogens with zero attached hydrogens (tertiary/aromatic N) is 1. The van der Waals surface area contributed by atoms with Crippen molar-refractivity contribution in [2.75, 3.05) is 0 Å².